The van der Waals surface area contributed by atoms with Gasteiger partial charge < -0.3 is 10.4 Å². The predicted molar refractivity (Wildman–Crippen MR) is 65.3 cm³/mol. The number of nitrogens with one attached hydrogen (secondary N) is 1. The fourth-order valence-corrected chi connectivity index (χ4v) is 1.41. The van der Waals surface area contributed by atoms with E-state index in [-0.39, 0.29) is 16.7 Å². The molecule has 1 aromatic rings. The molecular formula is C10H14ClN3O3. The highest BCUT2D eigenvalue weighted by Crippen LogP contribution is 2.23. The van der Waals surface area contributed by atoms with E-state index in [1.807, 2.05) is 6.92 Å². The Morgan fingerprint density at radius 2 is 2.35 bits per heavy atom. The smallest absolute Gasteiger partial charge is 0.311 e. The van der Waals surface area contributed by atoms with Crippen LogP contribution in [0.5, 0.6) is 0 Å². The average molecular weight is 260 g/mol. The Morgan fingerprint density at radius 1 is 1.65 bits per heavy atom. The maximum atomic E-state index is 10.7. The molecule has 6 nitrogen and oxygen atoms in total. The molecule has 0 radical (unpaired) electrons. The lowest BCUT2D eigenvalue weighted by molar-refractivity contribution is -0.384. The molecule has 1 atom stereocenters. The van der Waals surface area contributed by atoms with Crippen LogP contribution in [-0.2, 0) is 0 Å². The fourth-order valence-electron chi connectivity index (χ4n) is 1.27. The Morgan fingerprint density at radius 3 is 2.94 bits per heavy atom. The van der Waals surface area contributed by atoms with E-state index < -0.39 is 11.0 Å². The van der Waals surface area contributed by atoms with Crippen molar-refractivity contribution in [3.8, 4) is 0 Å². The van der Waals surface area contributed by atoms with Crippen LogP contribution in [0.3, 0.4) is 0 Å². The molecule has 0 bridgehead atoms. The molecule has 0 aliphatic heterocycles. The van der Waals surface area contributed by atoms with Crippen molar-refractivity contribution in [1.29, 1.82) is 0 Å². The third-order valence-electron chi connectivity index (χ3n) is 2.28. The summed E-state index contributed by atoms with van der Waals surface area (Å²) in [4.78, 5) is 14.0. The summed E-state index contributed by atoms with van der Waals surface area (Å²) in [6, 6.07) is 2.67. The van der Waals surface area contributed by atoms with Gasteiger partial charge in [-0.1, -0.05) is 18.5 Å². The Balaban J connectivity index is 2.68. The van der Waals surface area contributed by atoms with Crippen LogP contribution in [0.1, 0.15) is 19.8 Å². The molecule has 94 valence electrons. The second kappa shape index (κ2) is 6.36. The van der Waals surface area contributed by atoms with Gasteiger partial charge in [-0.25, -0.2) is 4.98 Å². The minimum atomic E-state index is -0.526. The Bertz CT molecular complexity index is 400. The number of pyridine rings is 1. The van der Waals surface area contributed by atoms with Crippen LogP contribution < -0.4 is 5.32 Å². The monoisotopic (exact) mass is 259 g/mol. The summed E-state index contributed by atoms with van der Waals surface area (Å²) in [5.41, 5.74) is -0.125. The first-order valence-electron chi connectivity index (χ1n) is 5.27. The normalized spacial score (nSPS) is 12.2. The molecular weight excluding hydrogens is 246 g/mol. The van der Waals surface area contributed by atoms with E-state index in [0.717, 1.165) is 0 Å². The molecule has 0 spiro atoms. The molecule has 0 saturated carbocycles. The fraction of sp³-hybridized carbons (Fsp3) is 0.500. The Kier molecular flexibility index (Phi) is 5.11. The van der Waals surface area contributed by atoms with E-state index in [9.17, 15) is 15.2 Å². The van der Waals surface area contributed by atoms with Crippen LogP contribution in [0.25, 0.3) is 0 Å². The van der Waals surface area contributed by atoms with Gasteiger partial charge in [0, 0.05) is 12.6 Å². The minimum Gasteiger partial charge on any atom is -0.393 e. The van der Waals surface area contributed by atoms with Crippen LogP contribution in [0.15, 0.2) is 12.1 Å². The highest BCUT2D eigenvalue weighted by atomic mass is 35.5. The zero-order chi connectivity index (χ0) is 12.8. The lowest BCUT2D eigenvalue weighted by atomic mass is 10.2. The summed E-state index contributed by atoms with van der Waals surface area (Å²) in [6.45, 7) is 2.27. The van der Waals surface area contributed by atoms with Gasteiger partial charge in [0.1, 0.15) is 5.15 Å². The van der Waals surface area contributed by atoms with Crippen molar-refractivity contribution < 1.29 is 10.0 Å². The number of hydrogen-bond acceptors (Lipinski definition) is 5. The average Bonchev–Trinajstić information content (AvgIpc) is 2.28. The largest absolute Gasteiger partial charge is 0.393 e. The SMILES string of the molecule is CCC(O)CCNc1nc(Cl)ccc1[N+](=O)[O-]. The maximum absolute atomic E-state index is 10.7. The Hall–Kier alpha value is -1.40. The van der Waals surface area contributed by atoms with Crippen LogP contribution in [0.4, 0.5) is 11.5 Å². The molecule has 17 heavy (non-hydrogen) atoms. The van der Waals surface area contributed by atoms with Crippen molar-refractivity contribution >= 4 is 23.1 Å². The van der Waals surface area contributed by atoms with Crippen molar-refractivity contribution in [1.82, 2.24) is 4.98 Å². The van der Waals surface area contributed by atoms with Crippen molar-refractivity contribution in [3.63, 3.8) is 0 Å². The number of rotatable bonds is 6. The van der Waals surface area contributed by atoms with E-state index in [2.05, 4.69) is 10.3 Å². The van der Waals surface area contributed by atoms with Crippen LogP contribution in [0.2, 0.25) is 5.15 Å². The van der Waals surface area contributed by atoms with Gasteiger partial charge in [0.25, 0.3) is 0 Å². The van der Waals surface area contributed by atoms with Gasteiger partial charge >= 0.3 is 5.69 Å². The summed E-state index contributed by atoms with van der Waals surface area (Å²) in [5, 5.41) is 23.1. The van der Waals surface area contributed by atoms with Crippen molar-refractivity contribution in [2.24, 2.45) is 0 Å². The van der Waals surface area contributed by atoms with Crippen molar-refractivity contribution in [2.75, 3.05) is 11.9 Å². The third-order valence-corrected chi connectivity index (χ3v) is 2.49. The quantitative estimate of drug-likeness (QED) is 0.465. The van der Waals surface area contributed by atoms with Gasteiger partial charge in [-0.2, -0.15) is 0 Å². The molecule has 7 heteroatoms. The van der Waals surface area contributed by atoms with Crippen LogP contribution in [0, 0.1) is 10.1 Å². The highest BCUT2D eigenvalue weighted by molar-refractivity contribution is 6.29. The first-order chi connectivity index (χ1) is 8.04. The van der Waals surface area contributed by atoms with Gasteiger partial charge in [0.05, 0.1) is 11.0 Å². The number of nitrogens with zero attached hydrogens (tertiary/aromatic N) is 2. The summed E-state index contributed by atoms with van der Waals surface area (Å²) in [6.07, 6.45) is 0.731. The number of aliphatic hydroxyl groups is 1. The zero-order valence-corrected chi connectivity index (χ0v) is 10.1. The highest BCUT2D eigenvalue weighted by Gasteiger charge is 2.15. The van der Waals surface area contributed by atoms with E-state index in [1.54, 1.807) is 0 Å². The summed E-state index contributed by atoms with van der Waals surface area (Å²) in [5.74, 6) is 0.130. The first kappa shape index (κ1) is 13.7. The topological polar surface area (TPSA) is 88.3 Å². The van der Waals surface area contributed by atoms with Crippen LogP contribution in [-0.4, -0.2) is 27.7 Å². The molecule has 1 aromatic heterocycles. The first-order valence-corrected chi connectivity index (χ1v) is 5.65. The lowest BCUT2D eigenvalue weighted by Crippen LogP contribution is -2.13. The van der Waals surface area contributed by atoms with Gasteiger partial charge in [-0.3, -0.25) is 10.1 Å². The number of hydrogen-bond donors (Lipinski definition) is 2. The zero-order valence-electron chi connectivity index (χ0n) is 9.39. The van der Waals surface area contributed by atoms with E-state index in [1.165, 1.54) is 12.1 Å². The number of halogens is 1. The molecule has 0 amide bonds. The van der Waals surface area contributed by atoms with Gasteiger partial charge in [-0.15, -0.1) is 0 Å². The van der Waals surface area contributed by atoms with Gasteiger partial charge in [0.15, 0.2) is 0 Å². The van der Waals surface area contributed by atoms with E-state index in [4.69, 9.17) is 11.6 Å². The van der Waals surface area contributed by atoms with Gasteiger partial charge in [-0.05, 0) is 18.9 Å². The number of aliphatic hydroxyl groups excluding tert-OH is 1. The molecule has 1 rings (SSSR count). The molecule has 1 heterocycles. The molecule has 0 aliphatic rings. The molecule has 1 unspecified atom stereocenters. The lowest BCUT2D eigenvalue weighted by Gasteiger charge is -2.09. The molecule has 0 aliphatic carbocycles. The molecule has 2 N–H and O–H groups in total. The summed E-state index contributed by atoms with van der Waals surface area (Å²) >= 11 is 5.67. The predicted octanol–water partition coefficient (Wildman–Crippen LogP) is 2.22. The minimum absolute atomic E-state index is 0.125. The van der Waals surface area contributed by atoms with Crippen LogP contribution >= 0.6 is 11.6 Å². The van der Waals surface area contributed by atoms with Crippen molar-refractivity contribution in [2.45, 2.75) is 25.9 Å². The van der Waals surface area contributed by atoms with Gasteiger partial charge in [0.2, 0.25) is 5.82 Å². The molecule has 0 fully saturated rings. The molecule has 0 saturated heterocycles. The molecule has 0 aromatic carbocycles. The number of anilines is 1. The Labute approximate surface area is 104 Å². The van der Waals surface area contributed by atoms with E-state index in [0.29, 0.717) is 19.4 Å². The number of nitro groups is 1. The van der Waals surface area contributed by atoms with Crippen molar-refractivity contribution in [3.05, 3.63) is 27.4 Å². The van der Waals surface area contributed by atoms with E-state index >= 15 is 0 Å². The third kappa shape index (κ3) is 4.16. The second-order valence-corrected chi connectivity index (χ2v) is 3.92. The maximum Gasteiger partial charge on any atom is 0.311 e. The number of aromatic nitrogens is 1. The summed E-state index contributed by atoms with van der Waals surface area (Å²) in [7, 11) is 0. The second-order valence-electron chi connectivity index (χ2n) is 3.54. The summed E-state index contributed by atoms with van der Waals surface area (Å²) < 4.78 is 0. The standard InChI is InChI=1S/C10H14ClN3O3/c1-2-7(15)5-6-12-10-8(14(16)17)3-4-9(11)13-10/h3-4,7,15H,2,5-6H2,1H3,(H,12,13).